The van der Waals surface area contributed by atoms with Crippen molar-refractivity contribution >= 4 is 22.9 Å². The maximum absolute atomic E-state index is 12.3. The molecule has 0 atom stereocenters. The van der Waals surface area contributed by atoms with Gasteiger partial charge in [-0.05, 0) is 70.8 Å². The minimum absolute atomic E-state index is 0.301. The van der Waals surface area contributed by atoms with E-state index in [9.17, 15) is 4.79 Å². The Hall–Kier alpha value is -4.32. The molecule has 6 nitrogen and oxygen atoms in total. The third-order valence-corrected chi connectivity index (χ3v) is 5.42. The summed E-state index contributed by atoms with van der Waals surface area (Å²) in [6, 6.07) is 26.9. The van der Waals surface area contributed by atoms with Crippen LogP contribution in [0.5, 0.6) is 17.2 Å². The molecular weight excluding hydrogens is 440 g/mol. The number of fused-ring (bicyclic) bond motifs is 1. The van der Waals surface area contributed by atoms with Crippen molar-refractivity contribution in [1.82, 2.24) is 5.43 Å². The van der Waals surface area contributed by atoms with E-state index in [4.69, 9.17) is 14.2 Å². The molecule has 6 heteroatoms. The Morgan fingerprint density at radius 1 is 0.914 bits per heavy atom. The van der Waals surface area contributed by atoms with Crippen LogP contribution >= 0.6 is 0 Å². The van der Waals surface area contributed by atoms with Crippen LogP contribution in [-0.4, -0.2) is 25.8 Å². The van der Waals surface area contributed by atoms with Gasteiger partial charge >= 0.3 is 0 Å². The van der Waals surface area contributed by atoms with Gasteiger partial charge in [0.25, 0.3) is 5.91 Å². The lowest BCUT2D eigenvalue weighted by atomic mass is 10.1. The lowest BCUT2D eigenvalue weighted by molar-refractivity contribution is 0.0955. The van der Waals surface area contributed by atoms with Gasteiger partial charge in [0.05, 0.1) is 19.9 Å². The van der Waals surface area contributed by atoms with Crippen molar-refractivity contribution < 1.29 is 19.0 Å². The Morgan fingerprint density at radius 2 is 1.71 bits per heavy atom. The van der Waals surface area contributed by atoms with Crippen molar-refractivity contribution in [2.75, 3.05) is 13.7 Å². The third-order valence-electron chi connectivity index (χ3n) is 5.42. The van der Waals surface area contributed by atoms with Crippen molar-refractivity contribution in [1.29, 1.82) is 0 Å². The summed E-state index contributed by atoms with van der Waals surface area (Å²) in [5.41, 5.74) is 4.91. The number of carbonyl (C=O) groups is 1. The maximum atomic E-state index is 12.3. The zero-order valence-electron chi connectivity index (χ0n) is 19.9. The summed E-state index contributed by atoms with van der Waals surface area (Å²) in [5.74, 6) is 1.65. The van der Waals surface area contributed by atoms with E-state index in [-0.39, 0.29) is 5.91 Å². The standard InChI is InChI=1S/C29H28N2O4/c1-3-17-34-25-14-12-23(13-15-25)29(32)31-30-19-21-11-16-27(28(18-21)33-2)35-20-24-9-6-8-22-7-4-5-10-26(22)24/h4-16,18-19H,3,17,20H2,1-2H3,(H,31,32)/b30-19+. The molecule has 0 spiro atoms. The molecule has 0 saturated carbocycles. The van der Waals surface area contributed by atoms with Crippen LogP contribution < -0.4 is 19.6 Å². The SMILES string of the molecule is CCCOc1ccc(C(=O)N/N=C/c2ccc(OCc3cccc4ccccc34)c(OC)c2)cc1. The zero-order chi connectivity index (χ0) is 24.5. The van der Waals surface area contributed by atoms with Crippen LogP contribution in [0.1, 0.15) is 34.8 Å². The number of hydrogen-bond donors (Lipinski definition) is 1. The smallest absolute Gasteiger partial charge is 0.271 e. The van der Waals surface area contributed by atoms with E-state index in [1.165, 1.54) is 5.39 Å². The molecule has 1 amide bonds. The van der Waals surface area contributed by atoms with Crippen molar-refractivity contribution in [2.24, 2.45) is 5.10 Å². The Balaban J connectivity index is 1.37. The van der Waals surface area contributed by atoms with Gasteiger partial charge in [0.15, 0.2) is 11.5 Å². The number of amides is 1. The van der Waals surface area contributed by atoms with Gasteiger partial charge in [-0.15, -0.1) is 0 Å². The quantitative estimate of drug-likeness (QED) is 0.230. The van der Waals surface area contributed by atoms with Crippen LogP contribution in [0.3, 0.4) is 0 Å². The summed E-state index contributed by atoms with van der Waals surface area (Å²) < 4.78 is 17.1. The van der Waals surface area contributed by atoms with Gasteiger partial charge in [-0.3, -0.25) is 4.79 Å². The van der Waals surface area contributed by atoms with Crippen molar-refractivity contribution in [2.45, 2.75) is 20.0 Å². The molecule has 4 rings (SSSR count). The minimum Gasteiger partial charge on any atom is -0.494 e. The van der Waals surface area contributed by atoms with E-state index < -0.39 is 0 Å². The van der Waals surface area contributed by atoms with Crippen LogP contribution in [-0.2, 0) is 6.61 Å². The number of carbonyl (C=O) groups excluding carboxylic acids is 1. The summed E-state index contributed by atoms with van der Waals surface area (Å²) in [5, 5.41) is 6.41. The number of nitrogens with one attached hydrogen (secondary N) is 1. The fraction of sp³-hybridized carbons (Fsp3) is 0.172. The van der Waals surface area contributed by atoms with E-state index in [1.807, 2.05) is 43.3 Å². The van der Waals surface area contributed by atoms with Crippen molar-refractivity contribution in [3.05, 3.63) is 102 Å². The average Bonchev–Trinajstić information content (AvgIpc) is 2.91. The molecule has 4 aromatic carbocycles. The van der Waals surface area contributed by atoms with Gasteiger partial charge in [0.1, 0.15) is 12.4 Å². The van der Waals surface area contributed by atoms with Gasteiger partial charge in [0.2, 0.25) is 0 Å². The first-order valence-corrected chi connectivity index (χ1v) is 11.5. The normalized spacial score (nSPS) is 10.9. The van der Waals surface area contributed by atoms with E-state index in [0.717, 1.165) is 28.7 Å². The molecule has 0 aromatic heterocycles. The van der Waals surface area contributed by atoms with E-state index >= 15 is 0 Å². The predicted molar refractivity (Wildman–Crippen MR) is 139 cm³/mol. The number of rotatable bonds is 10. The molecule has 0 aliphatic heterocycles. The molecule has 0 aliphatic rings. The zero-order valence-corrected chi connectivity index (χ0v) is 19.9. The Bertz CT molecular complexity index is 1310. The molecule has 0 aliphatic carbocycles. The number of hydrazone groups is 1. The average molecular weight is 469 g/mol. The van der Waals surface area contributed by atoms with Gasteiger partial charge in [-0.25, -0.2) is 5.43 Å². The number of ether oxygens (including phenoxy) is 3. The third kappa shape index (κ3) is 6.18. The van der Waals surface area contributed by atoms with E-state index in [2.05, 4.69) is 34.8 Å². The van der Waals surface area contributed by atoms with Crippen LogP contribution in [0, 0.1) is 0 Å². The second kappa shape index (κ2) is 11.7. The van der Waals surface area contributed by atoms with E-state index in [0.29, 0.717) is 30.3 Å². The number of methoxy groups -OCH3 is 1. The van der Waals surface area contributed by atoms with Crippen LogP contribution in [0.2, 0.25) is 0 Å². The van der Waals surface area contributed by atoms with Crippen LogP contribution in [0.4, 0.5) is 0 Å². The van der Waals surface area contributed by atoms with Crippen LogP contribution in [0.15, 0.2) is 90.0 Å². The van der Waals surface area contributed by atoms with Crippen LogP contribution in [0.25, 0.3) is 10.8 Å². The van der Waals surface area contributed by atoms with Crippen molar-refractivity contribution in [3.63, 3.8) is 0 Å². The fourth-order valence-electron chi connectivity index (χ4n) is 3.61. The first-order valence-electron chi connectivity index (χ1n) is 11.5. The summed E-state index contributed by atoms with van der Waals surface area (Å²) in [4.78, 5) is 12.3. The molecule has 0 fully saturated rings. The second-order valence-electron chi connectivity index (χ2n) is 7.91. The fourth-order valence-corrected chi connectivity index (χ4v) is 3.61. The van der Waals surface area contributed by atoms with E-state index in [1.54, 1.807) is 37.6 Å². The highest BCUT2D eigenvalue weighted by atomic mass is 16.5. The highest BCUT2D eigenvalue weighted by molar-refractivity contribution is 5.95. The Kier molecular flexibility index (Phi) is 7.96. The molecule has 0 unspecified atom stereocenters. The summed E-state index contributed by atoms with van der Waals surface area (Å²) in [6.45, 7) is 3.11. The van der Waals surface area contributed by atoms with Gasteiger partial charge in [-0.1, -0.05) is 49.4 Å². The highest BCUT2D eigenvalue weighted by Gasteiger charge is 2.08. The summed E-state index contributed by atoms with van der Waals surface area (Å²) >= 11 is 0. The number of benzene rings is 4. The molecule has 0 heterocycles. The molecule has 0 bridgehead atoms. The largest absolute Gasteiger partial charge is 0.494 e. The first-order chi connectivity index (χ1) is 17.2. The summed E-state index contributed by atoms with van der Waals surface area (Å²) in [6.07, 6.45) is 2.49. The topological polar surface area (TPSA) is 69.2 Å². The second-order valence-corrected chi connectivity index (χ2v) is 7.91. The highest BCUT2D eigenvalue weighted by Crippen LogP contribution is 2.29. The molecule has 4 aromatic rings. The number of hydrogen-bond acceptors (Lipinski definition) is 5. The van der Waals surface area contributed by atoms with Gasteiger partial charge in [-0.2, -0.15) is 5.10 Å². The molecule has 0 radical (unpaired) electrons. The minimum atomic E-state index is -0.301. The Morgan fingerprint density at radius 3 is 2.51 bits per heavy atom. The maximum Gasteiger partial charge on any atom is 0.271 e. The molecule has 0 saturated heterocycles. The lowest BCUT2D eigenvalue weighted by Crippen LogP contribution is -2.17. The molecule has 35 heavy (non-hydrogen) atoms. The first kappa shape index (κ1) is 23.8. The van der Waals surface area contributed by atoms with Gasteiger partial charge < -0.3 is 14.2 Å². The molecule has 1 N–H and O–H groups in total. The van der Waals surface area contributed by atoms with Crippen molar-refractivity contribution in [3.8, 4) is 17.2 Å². The van der Waals surface area contributed by atoms with Gasteiger partial charge in [0, 0.05) is 5.56 Å². The Labute approximate surface area is 205 Å². The lowest BCUT2D eigenvalue weighted by Gasteiger charge is -2.12. The summed E-state index contributed by atoms with van der Waals surface area (Å²) in [7, 11) is 1.59. The molecular formula is C29H28N2O4. The predicted octanol–water partition coefficient (Wildman–Crippen LogP) is 5.98. The number of nitrogens with zero attached hydrogens (tertiary/aromatic N) is 1. The monoisotopic (exact) mass is 468 g/mol. The molecule has 178 valence electrons.